The second-order valence-electron chi connectivity index (χ2n) is 6.50. The van der Waals surface area contributed by atoms with Gasteiger partial charge in [-0.3, -0.25) is 0 Å². The van der Waals surface area contributed by atoms with Crippen LogP contribution in [0.3, 0.4) is 0 Å². The van der Waals surface area contributed by atoms with Crippen LogP contribution < -0.4 is 0 Å². The SMILES string of the molecule is Cc1ccc(-n2c(-c3cccs3)ccc2-c2ccc(C(C#N)=C(C#N)C#N)s2)cc1. The van der Waals surface area contributed by atoms with E-state index in [0.717, 1.165) is 26.8 Å². The van der Waals surface area contributed by atoms with Crippen molar-refractivity contribution < 1.29 is 0 Å². The number of thiophene rings is 2. The molecule has 4 nitrogen and oxygen atoms in total. The van der Waals surface area contributed by atoms with Crippen molar-refractivity contribution in [3.63, 3.8) is 0 Å². The van der Waals surface area contributed by atoms with Crippen LogP contribution >= 0.6 is 22.7 Å². The van der Waals surface area contributed by atoms with E-state index in [1.54, 1.807) is 17.4 Å². The average Bonchev–Trinajstić information content (AvgIpc) is 3.52. The fourth-order valence-electron chi connectivity index (χ4n) is 3.20. The monoisotopic (exact) mass is 422 g/mol. The van der Waals surface area contributed by atoms with E-state index in [4.69, 9.17) is 10.5 Å². The number of nitriles is 3. The van der Waals surface area contributed by atoms with Crippen LogP contribution in [0.4, 0.5) is 0 Å². The number of hydrogen-bond acceptors (Lipinski definition) is 5. The van der Waals surface area contributed by atoms with E-state index in [2.05, 4.69) is 59.3 Å². The first-order valence-electron chi connectivity index (χ1n) is 9.04. The van der Waals surface area contributed by atoms with Gasteiger partial charge in [-0.05, 0) is 54.8 Å². The molecule has 0 fully saturated rings. The summed E-state index contributed by atoms with van der Waals surface area (Å²) in [6.45, 7) is 2.06. The Hall–Kier alpha value is -3.89. The molecule has 0 aliphatic heterocycles. The Morgan fingerprint density at radius 3 is 2.10 bits per heavy atom. The third-order valence-corrected chi connectivity index (χ3v) is 6.65. The predicted octanol–water partition coefficient (Wildman–Crippen LogP) is 6.57. The maximum absolute atomic E-state index is 9.47. The third kappa shape index (κ3) is 3.45. The molecule has 0 saturated heterocycles. The number of allylic oxidation sites excluding steroid dienone is 2. The van der Waals surface area contributed by atoms with Crippen molar-refractivity contribution in [3.8, 4) is 45.0 Å². The second-order valence-corrected chi connectivity index (χ2v) is 8.53. The number of aryl methyl sites for hydroxylation is 1. The molecule has 0 aliphatic rings. The van der Waals surface area contributed by atoms with E-state index < -0.39 is 0 Å². The van der Waals surface area contributed by atoms with Crippen LogP contribution in [-0.4, -0.2) is 4.57 Å². The molecule has 142 valence electrons. The van der Waals surface area contributed by atoms with E-state index >= 15 is 0 Å². The van der Waals surface area contributed by atoms with Gasteiger partial charge in [0, 0.05) is 10.6 Å². The maximum Gasteiger partial charge on any atom is 0.148 e. The quantitative estimate of drug-likeness (QED) is 0.349. The lowest BCUT2D eigenvalue weighted by Gasteiger charge is -2.13. The summed E-state index contributed by atoms with van der Waals surface area (Å²) in [5.41, 5.74) is 4.26. The minimum atomic E-state index is -0.168. The lowest BCUT2D eigenvalue weighted by Crippen LogP contribution is -1.97. The van der Waals surface area contributed by atoms with E-state index in [-0.39, 0.29) is 11.1 Å². The molecule has 0 N–H and O–H groups in total. The smallest absolute Gasteiger partial charge is 0.148 e. The molecule has 3 heterocycles. The molecule has 0 bridgehead atoms. The number of benzene rings is 1. The minimum Gasteiger partial charge on any atom is -0.308 e. The molecule has 3 aromatic heterocycles. The summed E-state index contributed by atoms with van der Waals surface area (Å²) in [5.74, 6) is 0. The molecular formula is C24H14N4S2. The summed E-state index contributed by atoms with van der Waals surface area (Å²) in [4.78, 5) is 2.73. The first kappa shape index (κ1) is 19.4. The first-order chi connectivity index (χ1) is 14.7. The number of aromatic nitrogens is 1. The molecule has 0 unspecified atom stereocenters. The summed E-state index contributed by atoms with van der Waals surface area (Å²) < 4.78 is 2.20. The van der Waals surface area contributed by atoms with Crippen molar-refractivity contribution in [3.05, 3.63) is 82.1 Å². The zero-order valence-electron chi connectivity index (χ0n) is 16.0. The average molecular weight is 423 g/mol. The lowest BCUT2D eigenvalue weighted by atomic mass is 10.1. The molecule has 0 aliphatic carbocycles. The van der Waals surface area contributed by atoms with Crippen molar-refractivity contribution in [2.45, 2.75) is 6.92 Å². The Morgan fingerprint density at radius 1 is 0.800 bits per heavy atom. The van der Waals surface area contributed by atoms with Crippen molar-refractivity contribution in [2.75, 3.05) is 0 Å². The Kier molecular flexibility index (Phi) is 5.33. The summed E-state index contributed by atoms with van der Waals surface area (Å²) in [6, 6.07) is 26.0. The van der Waals surface area contributed by atoms with E-state index in [9.17, 15) is 5.26 Å². The van der Waals surface area contributed by atoms with Gasteiger partial charge < -0.3 is 4.57 Å². The minimum absolute atomic E-state index is 0.114. The fourth-order valence-corrected chi connectivity index (χ4v) is 4.96. The van der Waals surface area contributed by atoms with Gasteiger partial charge in [-0.2, -0.15) is 15.8 Å². The molecular weight excluding hydrogens is 408 g/mol. The van der Waals surface area contributed by atoms with E-state index in [1.165, 1.54) is 16.9 Å². The van der Waals surface area contributed by atoms with Gasteiger partial charge in [-0.15, -0.1) is 22.7 Å². The molecule has 0 amide bonds. The Balaban J connectivity index is 1.90. The van der Waals surface area contributed by atoms with Gasteiger partial charge in [0.2, 0.25) is 0 Å². The molecule has 1 aromatic carbocycles. The van der Waals surface area contributed by atoms with Crippen LogP contribution in [-0.2, 0) is 0 Å². The fraction of sp³-hybridized carbons (Fsp3) is 0.0417. The lowest BCUT2D eigenvalue weighted by molar-refractivity contribution is 1.10. The maximum atomic E-state index is 9.47. The molecule has 6 heteroatoms. The van der Waals surface area contributed by atoms with Gasteiger partial charge in [0.25, 0.3) is 0 Å². The molecule has 0 atom stereocenters. The van der Waals surface area contributed by atoms with Gasteiger partial charge in [0.05, 0.1) is 26.7 Å². The van der Waals surface area contributed by atoms with Crippen LogP contribution in [0.1, 0.15) is 10.4 Å². The zero-order valence-corrected chi connectivity index (χ0v) is 17.6. The predicted molar refractivity (Wildman–Crippen MR) is 121 cm³/mol. The Bertz CT molecular complexity index is 1350. The Morgan fingerprint density at radius 2 is 1.50 bits per heavy atom. The number of rotatable bonds is 4. The van der Waals surface area contributed by atoms with Crippen LogP contribution in [0.15, 0.2) is 71.6 Å². The zero-order chi connectivity index (χ0) is 21.1. The largest absolute Gasteiger partial charge is 0.308 e. The van der Waals surface area contributed by atoms with Gasteiger partial charge in [-0.1, -0.05) is 23.8 Å². The highest BCUT2D eigenvalue weighted by Gasteiger charge is 2.18. The molecule has 30 heavy (non-hydrogen) atoms. The highest BCUT2D eigenvalue weighted by molar-refractivity contribution is 7.16. The standard InChI is InChI=1S/C24H14N4S2/c1-16-4-6-18(7-5-16)28-20(23-3-2-12-29-23)8-9-21(28)24-11-10-22(30-24)19(15-27)17(13-25)14-26/h2-12H,1H3. The molecule has 0 spiro atoms. The molecule has 0 saturated carbocycles. The highest BCUT2D eigenvalue weighted by atomic mass is 32.1. The van der Waals surface area contributed by atoms with E-state index in [0.29, 0.717) is 4.88 Å². The number of nitrogens with zero attached hydrogens (tertiary/aromatic N) is 4. The van der Waals surface area contributed by atoms with Crippen LogP contribution in [0, 0.1) is 40.9 Å². The summed E-state index contributed by atoms with van der Waals surface area (Å²) >= 11 is 3.08. The van der Waals surface area contributed by atoms with Gasteiger partial charge >= 0.3 is 0 Å². The van der Waals surface area contributed by atoms with Gasteiger partial charge in [0.1, 0.15) is 23.8 Å². The van der Waals surface area contributed by atoms with E-state index in [1.807, 2.05) is 30.3 Å². The normalized spacial score (nSPS) is 10.1. The molecule has 4 rings (SSSR count). The highest BCUT2D eigenvalue weighted by Crippen LogP contribution is 2.38. The van der Waals surface area contributed by atoms with Crippen LogP contribution in [0.5, 0.6) is 0 Å². The Labute approximate surface area is 182 Å². The molecule has 4 aromatic rings. The van der Waals surface area contributed by atoms with Crippen LogP contribution in [0.2, 0.25) is 0 Å². The van der Waals surface area contributed by atoms with Crippen molar-refractivity contribution in [2.24, 2.45) is 0 Å². The van der Waals surface area contributed by atoms with Gasteiger partial charge in [0.15, 0.2) is 0 Å². The van der Waals surface area contributed by atoms with Crippen molar-refractivity contribution >= 4 is 28.2 Å². The first-order valence-corrected chi connectivity index (χ1v) is 10.7. The number of hydrogen-bond donors (Lipinski definition) is 0. The molecule has 0 radical (unpaired) electrons. The second kappa shape index (κ2) is 8.23. The van der Waals surface area contributed by atoms with Gasteiger partial charge in [-0.25, -0.2) is 0 Å². The summed E-state index contributed by atoms with van der Waals surface area (Å²) in [5, 5.41) is 29.8. The van der Waals surface area contributed by atoms with Crippen molar-refractivity contribution in [1.29, 1.82) is 15.8 Å². The summed E-state index contributed by atoms with van der Waals surface area (Å²) in [7, 11) is 0. The summed E-state index contributed by atoms with van der Waals surface area (Å²) in [6.07, 6.45) is 0. The topological polar surface area (TPSA) is 76.3 Å². The third-order valence-electron chi connectivity index (χ3n) is 4.64. The van der Waals surface area contributed by atoms with Crippen LogP contribution in [0.25, 0.3) is 32.4 Å². The van der Waals surface area contributed by atoms with Crippen molar-refractivity contribution in [1.82, 2.24) is 4.57 Å².